The summed E-state index contributed by atoms with van der Waals surface area (Å²) in [5.41, 5.74) is 15.0. The Labute approximate surface area is 301 Å². The van der Waals surface area contributed by atoms with Gasteiger partial charge in [0, 0.05) is 75.5 Å². The summed E-state index contributed by atoms with van der Waals surface area (Å²) in [5.74, 6) is -0.603. The van der Waals surface area contributed by atoms with Crippen molar-refractivity contribution in [3.05, 3.63) is 71.8 Å². The van der Waals surface area contributed by atoms with Crippen LogP contribution in [0.25, 0.3) is 0 Å². The van der Waals surface area contributed by atoms with E-state index >= 15 is 0 Å². The summed E-state index contributed by atoms with van der Waals surface area (Å²) in [7, 11) is 0. The molecule has 7 atom stereocenters. The number of aliphatic hydroxyl groups excluding tert-OH is 1. The minimum Gasteiger partial charge on any atom is -0.478 e. The van der Waals surface area contributed by atoms with E-state index in [1.165, 1.54) is 11.1 Å². The van der Waals surface area contributed by atoms with E-state index in [4.69, 9.17) is 11.5 Å². The first kappa shape index (κ1) is 41.3. The molecule has 0 saturated carbocycles. The first-order chi connectivity index (χ1) is 23.2. The Balaban J connectivity index is 0.00000650. The molecule has 2 bridgehead atoms. The van der Waals surface area contributed by atoms with Crippen molar-refractivity contribution < 1.29 is 15.0 Å². The van der Waals surface area contributed by atoms with Crippen molar-refractivity contribution in [2.75, 3.05) is 45.8 Å². The third-order valence-electron chi connectivity index (χ3n) is 10.1. The molecule has 9 N–H and O–H groups in total. The second kappa shape index (κ2) is 22.0. The fraction of sp³-hybridized carbons (Fsp3) is 0.658. The smallest absolute Gasteiger partial charge is 0.348 e. The number of carbonyl (C=O) groups is 1. The summed E-state index contributed by atoms with van der Waals surface area (Å²) in [6.07, 6.45) is 6.67. The SMILES string of the molecule is CC(C)C[C@H](CN[C@H](CCCCN)CN1C2CCC1CN(C(O)C(=O)O)C2)NC[C@@H](Cc1ccccc1)NC[C@H](N)Cc1ccccc1.Cl. The summed E-state index contributed by atoms with van der Waals surface area (Å²) in [5, 5.41) is 31.3. The van der Waals surface area contributed by atoms with Gasteiger partial charge in [-0.25, -0.2) is 4.79 Å². The molecule has 276 valence electrons. The van der Waals surface area contributed by atoms with Crippen molar-refractivity contribution in [3.8, 4) is 0 Å². The van der Waals surface area contributed by atoms with Crippen molar-refractivity contribution in [1.82, 2.24) is 25.8 Å². The predicted molar refractivity (Wildman–Crippen MR) is 202 cm³/mol. The highest BCUT2D eigenvalue weighted by molar-refractivity contribution is 5.85. The van der Waals surface area contributed by atoms with Gasteiger partial charge in [0.25, 0.3) is 0 Å². The number of aliphatic carboxylic acids is 1. The zero-order chi connectivity index (χ0) is 34.3. The number of fused-ring (bicyclic) bond motifs is 2. The highest BCUT2D eigenvalue weighted by Gasteiger charge is 2.43. The summed E-state index contributed by atoms with van der Waals surface area (Å²) < 4.78 is 0. The topological polar surface area (TPSA) is 152 Å². The number of aliphatic hydroxyl groups is 1. The van der Waals surface area contributed by atoms with Gasteiger partial charge in [0.15, 0.2) is 0 Å². The Morgan fingerprint density at radius 2 is 1.39 bits per heavy atom. The average molecular weight is 702 g/mol. The van der Waals surface area contributed by atoms with Gasteiger partial charge >= 0.3 is 5.97 Å². The highest BCUT2D eigenvalue weighted by Crippen LogP contribution is 2.31. The Morgan fingerprint density at radius 1 is 0.837 bits per heavy atom. The number of nitrogens with two attached hydrogens (primary N) is 2. The number of halogens is 1. The molecule has 2 saturated heterocycles. The van der Waals surface area contributed by atoms with Crippen molar-refractivity contribution in [2.45, 2.75) is 108 Å². The number of rotatable bonds is 23. The molecule has 2 aromatic rings. The summed E-state index contributed by atoms with van der Waals surface area (Å²) >= 11 is 0. The summed E-state index contributed by atoms with van der Waals surface area (Å²) in [4.78, 5) is 15.8. The number of hydrogen-bond donors (Lipinski definition) is 7. The van der Waals surface area contributed by atoms with E-state index in [1.807, 2.05) is 6.07 Å². The van der Waals surface area contributed by atoms with Crippen LogP contribution in [0.1, 0.15) is 63.5 Å². The third-order valence-corrected chi connectivity index (χ3v) is 10.1. The minimum atomic E-state index is -1.42. The molecule has 3 unspecified atom stereocenters. The lowest BCUT2D eigenvalue weighted by Crippen LogP contribution is -2.60. The largest absolute Gasteiger partial charge is 0.478 e. The van der Waals surface area contributed by atoms with Crippen LogP contribution in [0.15, 0.2) is 60.7 Å². The van der Waals surface area contributed by atoms with Gasteiger partial charge in [0.05, 0.1) is 0 Å². The number of carboxylic acids is 1. The van der Waals surface area contributed by atoms with Gasteiger partial charge in [0.1, 0.15) is 0 Å². The van der Waals surface area contributed by atoms with Gasteiger partial charge in [-0.05, 0) is 68.5 Å². The van der Waals surface area contributed by atoms with Crippen molar-refractivity contribution in [3.63, 3.8) is 0 Å². The molecule has 0 spiro atoms. The molecular formula is C38H64ClN7O3. The minimum absolute atomic E-state index is 0. The molecule has 10 nitrogen and oxygen atoms in total. The number of carboxylic acid groups (broad SMARTS) is 1. The van der Waals surface area contributed by atoms with Gasteiger partial charge < -0.3 is 37.6 Å². The predicted octanol–water partition coefficient (Wildman–Crippen LogP) is 2.82. The van der Waals surface area contributed by atoms with E-state index in [0.29, 0.717) is 37.6 Å². The molecule has 0 aliphatic carbocycles. The maximum Gasteiger partial charge on any atom is 0.348 e. The number of hydrogen-bond acceptors (Lipinski definition) is 9. The Kier molecular flexibility index (Phi) is 18.5. The van der Waals surface area contributed by atoms with Crippen LogP contribution < -0.4 is 27.4 Å². The molecule has 2 heterocycles. The number of benzene rings is 2. The molecule has 2 aromatic carbocycles. The number of piperazine rings is 1. The van der Waals surface area contributed by atoms with E-state index in [0.717, 1.165) is 77.5 Å². The lowest BCUT2D eigenvalue weighted by molar-refractivity contribution is -0.161. The maximum atomic E-state index is 11.4. The standard InChI is InChI=1S/C38H63N7O3.ClH/c1-28(2)19-33(43-24-34(21-30-13-7-4-8-14-30)41-22-31(40)20-29-11-5-3-6-12-29)23-42-32(15-9-10-18-39)25-45-35-16-17-36(45)27-44(26-35)37(46)38(47)48;/h3-8,11-14,28,31-37,41-43,46H,9-10,15-27,39-40H2,1-2H3,(H,47,48);1H/t31-,32-,33-,34-,35?,36?,37?;/m1./s1. The lowest BCUT2D eigenvalue weighted by atomic mass is 10.0. The van der Waals surface area contributed by atoms with Crippen LogP contribution in [0.4, 0.5) is 0 Å². The van der Waals surface area contributed by atoms with Gasteiger partial charge in [-0.15, -0.1) is 12.4 Å². The van der Waals surface area contributed by atoms with Crippen molar-refractivity contribution in [1.29, 1.82) is 0 Å². The van der Waals surface area contributed by atoms with E-state index < -0.39 is 12.2 Å². The number of nitrogens with one attached hydrogen (secondary N) is 3. The normalized spacial score (nSPS) is 21.2. The zero-order valence-electron chi connectivity index (χ0n) is 29.8. The molecule has 2 fully saturated rings. The average Bonchev–Trinajstić information content (AvgIpc) is 3.29. The fourth-order valence-corrected chi connectivity index (χ4v) is 7.57. The van der Waals surface area contributed by atoms with Gasteiger partial charge in [-0.1, -0.05) is 80.9 Å². The van der Waals surface area contributed by atoms with E-state index in [1.54, 1.807) is 4.90 Å². The molecular weight excluding hydrogens is 638 g/mol. The molecule has 0 amide bonds. The van der Waals surface area contributed by atoms with E-state index in [2.05, 4.69) is 89.3 Å². The summed E-state index contributed by atoms with van der Waals surface area (Å²) in [6.45, 7) is 9.89. The van der Waals surface area contributed by atoms with E-state index in [9.17, 15) is 15.0 Å². The molecule has 2 aliphatic rings. The van der Waals surface area contributed by atoms with Gasteiger partial charge in [-0.3, -0.25) is 9.80 Å². The number of nitrogens with zero attached hydrogens (tertiary/aromatic N) is 2. The molecule has 0 aromatic heterocycles. The second-order valence-corrected chi connectivity index (χ2v) is 14.6. The van der Waals surface area contributed by atoms with Crippen LogP contribution in [0.3, 0.4) is 0 Å². The Hall–Kier alpha value is -2.12. The van der Waals surface area contributed by atoms with Gasteiger partial charge in [-0.2, -0.15) is 0 Å². The van der Waals surface area contributed by atoms with Crippen molar-refractivity contribution >= 4 is 18.4 Å². The van der Waals surface area contributed by atoms with Crippen LogP contribution in [0.2, 0.25) is 0 Å². The lowest BCUT2D eigenvalue weighted by Gasteiger charge is -2.43. The quantitative estimate of drug-likeness (QED) is 0.0862. The molecule has 11 heteroatoms. The Bertz CT molecular complexity index is 1170. The second-order valence-electron chi connectivity index (χ2n) is 14.6. The number of likely N-dealkylation sites (tertiary alicyclic amines) is 1. The molecule has 49 heavy (non-hydrogen) atoms. The molecule has 0 radical (unpaired) electrons. The summed E-state index contributed by atoms with van der Waals surface area (Å²) in [6, 6.07) is 22.6. The monoisotopic (exact) mass is 701 g/mol. The van der Waals surface area contributed by atoms with Crippen LogP contribution in [0.5, 0.6) is 0 Å². The van der Waals surface area contributed by atoms with Crippen LogP contribution >= 0.6 is 12.4 Å². The van der Waals surface area contributed by atoms with Gasteiger partial charge in [0.2, 0.25) is 6.23 Å². The number of unbranched alkanes of at least 4 members (excludes halogenated alkanes) is 1. The zero-order valence-corrected chi connectivity index (χ0v) is 30.6. The van der Waals surface area contributed by atoms with Crippen molar-refractivity contribution in [2.24, 2.45) is 17.4 Å². The van der Waals surface area contributed by atoms with E-state index in [-0.39, 0.29) is 36.6 Å². The maximum absolute atomic E-state index is 11.4. The first-order valence-electron chi connectivity index (χ1n) is 18.4. The molecule has 4 rings (SSSR count). The van der Waals surface area contributed by atoms with Crippen LogP contribution in [-0.4, -0.2) is 114 Å². The highest BCUT2D eigenvalue weighted by atomic mass is 35.5. The fourth-order valence-electron chi connectivity index (χ4n) is 7.57. The van der Waals surface area contributed by atoms with Crippen LogP contribution in [0, 0.1) is 5.92 Å². The third kappa shape index (κ3) is 14.2. The Morgan fingerprint density at radius 3 is 1.96 bits per heavy atom. The van der Waals surface area contributed by atoms with Crippen LogP contribution in [-0.2, 0) is 17.6 Å². The first-order valence-corrected chi connectivity index (χ1v) is 18.4. The molecule has 2 aliphatic heterocycles.